The van der Waals surface area contributed by atoms with Gasteiger partial charge in [-0.1, -0.05) is 0 Å². The van der Waals surface area contributed by atoms with Crippen LogP contribution >= 0.6 is 0 Å². The van der Waals surface area contributed by atoms with E-state index in [0.717, 1.165) is 6.07 Å². The van der Waals surface area contributed by atoms with E-state index in [1.165, 1.54) is 19.2 Å². The topological polar surface area (TPSA) is 33.6 Å². The number of nitrogens with zero attached hydrogens (tertiary/aromatic N) is 1. The van der Waals surface area contributed by atoms with Crippen molar-refractivity contribution in [1.82, 2.24) is 0 Å². The molecule has 94 valence electrons. The van der Waals surface area contributed by atoms with Gasteiger partial charge in [0.2, 0.25) is 0 Å². The molecule has 3 nitrogen and oxygen atoms in total. The highest BCUT2D eigenvalue weighted by Gasteiger charge is 2.34. The SMILES string of the molecule is CN=C(C)Nc1ccc(OC)c(C(F)(F)F)c1. The summed E-state index contributed by atoms with van der Waals surface area (Å²) in [5.41, 5.74) is -0.491. The maximum Gasteiger partial charge on any atom is 0.420 e. The highest BCUT2D eigenvalue weighted by Crippen LogP contribution is 2.37. The lowest BCUT2D eigenvalue weighted by Crippen LogP contribution is -2.11. The average Bonchev–Trinajstić information content (AvgIpc) is 2.27. The minimum absolute atomic E-state index is 0.200. The molecule has 0 saturated heterocycles. The summed E-state index contributed by atoms with van der Waals surface area (Å²) in [6, 6.07) is 3.77. The van der Waals surface area contributed by atoms with Crippen LogP contribution in [-0.4, -0.2) is 20.0 Å². The molecule has 0 aliphatic heterocycles. The lowest BCUT2D eigenvalue weighted by molar-refractivity contribution is -0.138. The second-order valence-corrected chi connectivity index (χ2v) is 3.35. The molecule has 6 heteroatoms. The van der Waals surface area contributed by atoms with Crippen LogP contribution in [-0.2, 0) is 6.18 Å². The zero-order chi connectivity index (χ0) is 13.1. The van der Waals surface area contributed by atoms with Crippen molar-refractivity contribution in [2.75, 3.05) is 19.5 Å². The molecular formula is C11H13F3N2O. The molecule has 1 aromatic carbocycles. The number of benzene rings is 1. The molecule has 0 radical (unpaired) electrons. The zero-order valence-electron chi connectivity index (χ0n) is 9.72. The van der Waals surface area contributed by atoms with E-state index in [2.05, 4.69) is 15.0 Å². The summed E-state index contributed by atoms with van der Waals surface area (Å²) in [4.78, 5) is 3.81. The molecule has 0 atom stereocenters. The van der Waals surface area contributed by atoms with Crippen molar-refractivity contribution in [2.24, 2.45) is 4.99 Å². The summed E-state index contributed by atoms with van der Waals surface area (Å²) in [5, 5.41) is 2.75. The molecule has 0 aromatic heterocycles. The Morgan fingerprint density at radius 2 is 2.00 bits per heavy atom. The Morgan fingerprint density at radius 1 is 1.35 bits per heavy atom. The average molecular weight is 246 g/mol. The van der Waals surface area contributed by atoms with Crippen LogP contribution in [0.3, 0.4) is 0 Å². The largest absolute Gasteiger partial charge is 0.496 e. The van der Waals surface area contributed by atoms with E-state index in [1.807, 2.05) is 0 Å². The monoisotopic (exact) mass is 246 g/mol. The predicted octanol–water partition coefficient (Wildman–Crippen LogP) is 3.17. The molecule has 0 fully saturated rings. The van der Waals surface area contributed by atoms with Crippen molar-refractivity contribution in [1.29, 1.82) is 0 Å². The lowest BCUT2D eigenvalue weighted by atomic mass is 10.1. The molecule has 0 bridgehead atoms. The zero-order valence-corrected chi connectivity index (χ0v) is 9.72. The normalized spacial score (nSPS) is 12.5. The van der Waals surface area contributed by atoms with Crippen molar-refractivity contribution in [3.63, 3.8) is 0 Å². The maximum atomic E-state index is 12.7. The fraction of sp³-hybridized carbons (Fsp3) is 0.364. The quantitative estimate of drug-likeness (QED) is 0.642. The van der Waals surface area contributed by atoms with Crippen molar-refractivity contribution in [2.45, 2.75) is 13.1 Å². The summed E-state index contributed by atoms with van der Waals surface area (Å²) in [7, 11) is 2.76. The van der Waals surface area contributed by atoms with Crippen LogP contribution in [0, 0.1) is 0 Å². The molecule has 0 aliphatic rings. The van der Waals surface area contributed by atoms with Gasteiger partial charge >= 0.3 is 6.18 Å². The van der Waals surface area contributed by atoms with Gasteiger partial charge in [-0.3, -0.25) is 4.99 Å². The Balaban J connectivity index is 3.14. The number of hydrogen-bond donors (Lipinski definition) is 1. The van der Waals surface area contributed by atoms with Gasteiger partial charge in [-0.15, -0.1) is 0 Å². The van der Waals surface area contributed by atoms with Gasteiger partial charge in [0.15, 0.2) is 0 Å². The number of nitrogens with one attached hydrogen (secondary N) is 1. The first-order valence-electron chi connectivity index (χ1n) is 4.84. The first kappa shape index (κ1) is 13.3. The molecule has 0 saturated carbocycles. The standard InChI is InChI=1S/C11H13F3N2O/c1-7(15-2)16-8-4-5-10(17-3)9(6-8)11(12,13)14/h4-6H,1-3H3,(H,15,16). The Morgan fingerprint density at radius 3 is 2.47 bits per heavy atom. The number of anilines is 1. The van der Waals surface area contributed by atoms with Crippen LogP contribution in [0.4, 0.5) is 18.9 Å². The second kappa shape index (κ2) is 5.07. The molecule has 0 amide bonds. The van der Waals surface area contributed by atoms with Gasteiger partial charge < -0.3 is 10.1 Å². The van der Waals surface area contributed by atoms with Gasteiger partial charge in [-0.2, -0.15) is 13.2 Å². The van der Waals surface area contributed by atoms with Gasteiger partial charge in [0.05, 0.1) is 18.5 Å². The molecule has 1 rings (SSSR count). The van der Waals surface area contributed by atoms with Gasteiger partial charge in [0.1, 0.15) is 5.75 Å². The van der Waals surface area contributed by atoms with E-state index in [1.54, 1.807) is 14.0 Å². The molecular weight excluding hydrogens is 233 g/mol. The Labute approximate surface area is 97.3 Å². The molecule has 0 heterocycles. The van der Waals surface area contributed by atoms with Crippen LogP contribution in [0.2, 0.25) is 0 Å². The maximum absolute atomic E-state index is 12.7. The molecule has 1 aromatic rings. The summed E-state index contributed by atoms with van der Waals surface area (Å²) in [6.07, 6.45) is -4.44. The van der Waals surface area contributed by atoms with Crippen LogP contribution in [0.5, 0.6) is 5.75 Å². The van der Waals surface area contributed by atoms with Crippen molar-refractivity contribution >= 4 is 11.5 Å². The summed E-state index contributed by atoms with van der Waals surface area (Å²) in [5.74, 6) is 0.331. The van der Waals surface area contributed by atoms with Crippen LogP contribution in [0.1, 0.15) is 12.5 Å². The fourth-order valence-electron chi connectivity index (χ4n) is 1.27. The number of alkyl halides is 3. The molecule has 17 heavy (non-hydrogen) atoms. The lowest BCUT2D eigenvalue weighted by Gasteiger charge is -2.14. The highest BCUT2D eigenvalue weighted by atomic mass is 19.4. The number of ether oxygens (including phenoxy) is 1. The van der Waals surface area contributed by atoms with Gasteiger partial charge in [-0.05, 0) is 25.1 Å². The second-order valence-electron chi connectivity index (χ2n) is 3.35. The Hall–Kier alpha value is -1.72. The number of methoxy groups -OCH3 is 1. The van der Waals surface area contributed by atoms with Crippen molar-refractivity contribution in [3.05, 3.63) is 23.8 Å². The third-order valence-electron chi connectivity index (χ3n) is 2.17. The minimum Gasteiger partial charge on any atom is -0.496 e. The highest BCUT2D eigenvalue weighted by molar-refractivity contribution is 5.93. The van der Waals surface area contributed by atoms with E-state index in [9.17, 15) is 13.2 Å². The van der Waals surface area contributed by atoms with Crippen molar-refractivity contribution in [3.8, 4) is 5.75 Å². The molecule has 0 unspecified atom stereocenters. The first-order chi connectivity index (χ1) is 7.88. The first-order valence-corrected chi connectivity index (χ1v) is 4.84. The number of aliphatic imine (C=N–C) groups is 1. The third kappa shape index (κ3) is 3.37. The Bertz CT molecular complexity index is 427. The van der Waals surface area contributed by atoms with Gasteiger partial charge in [-0.25, -0.2) is 0 Å². The van der Waals surface area contributed by atoms with Crippen LogP contribution in [0.15, 0.2) is 23.2 Å². The number of rotatable bonds is 2. The smallest absolute Gasteiger partial charge is 0.420 e. The number of halogens is 3. The van der Waals surface area contributed by atoms with E-state index >= 15 is 0 Å². The van der Waals surface area contributed by atoms with Crippen LogP contribution < -0.4 is 10.1 Å². The minimum atomic E-state index is -4.44. The third-order valence-corrected chi connectivity index (χ3v) is 2.17. The van der Waals surface area contributed by atoms with E-state index < -0.39 is 11.7 Å². The van der Waals surface area contributed by atoms with Crippen molar-refractivity contribution < 1.29 is 17.9 Å². The summed E-state index contributed by atoms with van der Waals surface area (Å²) in [6.45, 7) is 1.66. The molecule has 0 spiro atoms. The van der Waals surface area contributed by atoms with E-state index in [4.69, 9.17) is 0 Å². The van der Waals surface area contributed by atoms with E-state index in [0.29, 0.717) is 11.5 Å². The summed E-state index contributed by atoms with van der Waals surface area (Å²) >= 11 is 0. The predicted molar refractivity (Wildman–Crippen MR) is 60.7 cm³/mol. The van der Waals surface area contributed by atoms with E-state index in [-0.39, 0.29) is 5.75 Å². The van der Waals surface area contributed by atoms with Gasteiger partial charge in [0, 0.05) is 12.7 Å². The Kier molecular flexibility index (Phi) is 3.98. The van der Waals surface area contributed by atoms with Gasteiger partial charge in [0.25, 0.3) is 0 Å². The fourth-order valence-corrected chi connectivity index (χ4v) is 1.27. The number of hydrogen-bond acceptors (Lipinski definition) is 2. The molecule has 1 N–H and O–H groups in total. The number of amidine groups is 1. The molecule has 0 aliphatic carbocycles. The van der Waals surface area contributed by atoms with Crippen LogP contribution in [0.25, 0.3) is 0 Å². The summed E-state index contributed by atoms with van der Waals surface area (Å²) < 4.78 is 42.8.